The van der Waals surface area contributed by atoms with Crippen LogP contribution in [0.4, 0.5) is 21.6 Å². The number of benzene rings is 2. The molecule has 0 radical (unpaired) electrons. The van der Waals surface area contributed by atoms with E-state index in [-0.39, 0.29) is 11.7 Å². The van der Waals surface area contributed by atoms with E-state index in [1.807, 2.05) is 37.2 Å². The summed E-state index contributed by atoms with van der Waals surface area (Å²) in [4.78, 5) is 22.8. The highest BCUT2D eigenvalue weighted by molar-refractivity contribution is 6.00. The molecule has 0 atom stereocenters. The number of anilines is 3. The summed E-state index contributed by atoms with van der Waals surface area (Å²) in [5, 5.41) is 6.02. The summed E-state index contributed by atoms with van der Waals surface area (Å²) in [5.41, 5.74) is 3.30. The van der Waals surface area contributed by atoms with Gasteiger partial charge in [0, 0.05) is 23.9 Å². The predicted octanol–water partition coefficient (Wildman–Crippen LogP) is 4.34. The third kappa shape index (κ3) is 5.38. The lowest BCUT2D eigenvalue weighted by Gasteiger charge is -2.16. The fourth-order valence-electron chi connectivity index (χ4n) is 3.32. The Morgan fingerprint density at radius 1 is 1.18 bits per heavy atom. The van der Waals surface area contributed by atoms with Crippen LogP contribution in [0.1, 0.15) is 0 Å². The first-order valence-electron chi connectivity index (χ1n) is 10.6. The molecule has 0 aliphatic rings. The van der Waals surface area contributed by atoms with E-state index in [1.54, 1.807) is 35.3 Å². The lowest BCUT2D eigenvalue weighted by molar-refractivity contribution is -0.111. The van der Waals surface area contributed by atoms with E-state index in [1.165, 1.54) is 18.2 Å². The van der Waals surface area contributed by atoms with Crippen LogP contribution in [0, 0.1) is 5.82 Å². The molecule has 0 bridgehead atoms. The quantitative estimate of drug-likeness (QED) is 0.362. The molecule has 174 valence electrons. The van der Waals surface area contributed by atoms with Gasteiger partial charge in [-0.2, -0.15) is 0 Å². The predicted molar refractivity (Wildman–Crippen MR) is 131 cm³/mol. The molecule has 2 N–H and O–H groups in total. The summed E-state index contributed by atoms with van der Waals surface area (Å²) in [6, 6.07) is 13.5. The Labute approximate surface area is 196 Å². The molecule has 34 heavy (non-hydrogen) atoms. The first-order valence-corrected chi connectivity index (χ1v) is 10.6. The standard InChI is InChI=1S/C25H25FN6O2/c1-4-24(33)30-20-13-19(8-9-22(20)34-11-10-31(2)3)29-23-14-21-25(28-16-32(21)15-27-23)17-6-5-7-18(26)12-17/h4-9,12-16,29H,1,10-11H2,2-3H3,(H,30,33). The van der Waals surface area contributed by atoms with Crippen molar-refractivity contribution >= 4 is 28.6 Å². The number of fused-ring (bicyclic) bond motifs is 1. The Bertz CT molecular complexity index is 1330. The Morgan fingerprint density at radius 3 is 2.76 bits per heavy atom. The number of likely N-dealkylation sites (N-methyl/N-ethyl adjacent to an activating group) is 1. The number of aromatic nitrogens is 3. The van der Waals surface area contributed by atoms with E-state index < -0.39 is 0 Å². The zero-order valence-corrected chi connectivity index (χ0v) is 19.0. The minimum atomic E-state index is -0.340. The molecule has 2 heterocycles. The highest BCUT2D eigenvalue weighted by atomic mass is 19.1. The lowest BCUT2D eigenvalue weighted by Crippen LogP contribution is -2.20. The molecule has 0 saturated carbocycles. The normalized spacial score (nSPS) is 10.9. The van der Waals surface area contributed by atoms with Gasteiger partial charge in [-0.05, 0) is 50.5 Å². The minimum absolute atomic E-state index is 0.326. The summed E-state index contributed by atoms with van der Waals surface area (Å²) in [6.07, 6.45) is 4.47. The van der Waals surface area contributed by atoms with Crippen molar-refractivity contribution in [3.63, 3.8) is 0 Å². The number of ether oxygens (including phenoxy) is 1. The van der Waals surface area contributed by atoms with Gasteiger partial charge in [-0.1, -0.05) is 18.7 Å². The van der Waals surface area contributed by atoms with Gasteiger partial charge in [-0.15, -0.1) is 0 Å². The molecule has 0 fully saturated rings. The second-order valence-corrected chi connectivity index (χ2v) is 7.85. The summed E-state index contributed by atoms with van der Waals surface area (Å²) >= 11 is 0. The van der Waals surface area contributed by atoms with Crippen LogP contribution < -0.4 is 15.4 Å². The molecule has 4 rings (SSSR count). The second-order valence-electron chi connectivity index (χ2n) is 7.85. The number of hydrogen-bond acceptors (Lipinski definition) is 6. The highest BCUT2D eigenvalue weighted by Crippen LogP contribution is 2.31. The van der Waals surface area contributed by atoms with Gasteiger partial charge in [0.05, 0.1) is 16.9 Å². The monoisotopic (exact) mass is 460 g/mol. The zero-order valence-electron chi connectivity index (χ0n) is 19.0. The fourth-order valence-corrected chi connectivity index (χ4v) is 3.32. The molecule has 2 aromatic heterocycles. The van der Waals surface area contributed by atoms with Crippen LogP contribution in [-0.2, 0) is 4.79 Å². The fraction of sp³-hybridized carbons (Fsp3) is 0.160. The van der Waals surface area contributed by atoms with Crippen LogP contribution in [0.15, 0.2) is 73.8 Å². The number of nitrogens with zero attached hydrogens (tertiary/aromatic N) is 4. The molecular weight excluding hydrogens is 435 g/mol. The van der Waals surface area contributed by atoms with Gasteiger partial charge in [0.2, 0.25) is 5.91 Å². The number of halogens is 1. The number of carbonyl (C=O) groups is 1. The van der Waals surface area contributed by atoms with Gasteiger partial charge in [0.25, 0.3) is 0 Å². The summed E-state index contributed by atoms with van der Waals surface area (Å²) in [6.45, 7) is 4.71. The molecular formula is C25H25FN6O2. The van der Waals surface area contributed by atoms with Crippen LogP contribution in [0.3, 0.4) is 0 Å². The van der Waals surface area contributed by atoms with E-state index in [9.17, 15) is 9.18 Å². The molecule has 2 aromatic carbocycles. The van der Waals surface area contributed by atoms with Crippen molar-refractivity contribution in [2.75, 3.05) is 37.9 Å². The van der Waals surface area contributed by atoms with Gasteiger partial charge < -0.3 is 20.3 Å². The molecule has 0 spiro atoms. The molecule has 4 aromatic rings. The number of rotatable bonds is 9. The smallest absolute Gasteiger partial charge is 0.247 e. The SMILES string of the molecule is C=CC(=O)Nc1cc(Nc2cc3c(-c4cccc(F)c4)ncn3cn2)ccc1OCCN(C)C. The highest BCUT2D eigenvalue weighted by Gasteiger charge is 2.12. The van der Waals surface area contributed by atoms with Crippen LogP contribution >= 0.6 is 0 Å². The Kier molecular flexibility index (Phi) is 6.84. The average molecular weight is 461 g/mol. The van der Waals surface area contributed by atoms with Crippen molar-refractivity contribution in [2.45, 2.75) is 0 Å². The number of amides is 1. The molecule has 1 amide bonds. The van der Waals surface area contributed by atoms with E-state index >= 15 is 0 Å². The van der Waals surface area contributed by atoms with Gasteiger partial charge >= 0.3 is 0 Å². The molecule has 0 aliphatic heterocycles. The molecule has 0 saturated heterocycles. The second kappa shape index (κ2) is 10.1. The largest absolute Gasteiger partial charge is 0.490 e. The lowest BCUT2D eigenvalue weighted by atomic mass is 10.1. The maximum Gasteiger partial charge on any atom is 0.247 e. The number of carbonyl (C=O) groups excluding carboxylic acids is 1. The number of hydrogen-bond donors (Lipinski definition) is 2. The van der Waals surface area contributed by atoms with E-state index in [2.05, 4.69) is 27.2 Å². The van der Waals surface area contributed by atoms with Crippen LogP contribution in [0.2, 0.25) is 0 Å². The van der Waals surface area contributed by atoms with Gasteiger partial charge in [0.15, 0.2) is 0 Å². The van der Waals surface area contributed by atoms with Gasteiger partial charge in [-0.25, -0.2) is 14.4 Å². The number of imidazole rings is 1. The molecule has 9 heteroatoms. The summed E-state index contributed by atoms with van der Waals surface area (Å²) < 4.78 is 21.3. The Balaban J connectivity index is 1.61. The Hall–Kier alpha value is -4.24. The van der Waals surface area contributed by atoms with E-state index in [0.717, 1.165) is 12.1 Å². The summed E-state index contributed by atoms with van der Waals surface area (Å²) in [5.74, 6) is 0.448. The maximum absolute atomic E-state index is 13.7. The van der Waals surface area contributed by atoms with Crippen molar-refractivity contribution in [3.8, 4) is 17.0 Å². The van der Waals surface area contributed by atoms with Crippen molar-refractivity contribution in [3.05, 3.63) is 79.7 Å². The first-order chi connectivity index (χ1) is 16.4. The first kappa shape index (κ1) is 22.9. The van der Waals surface area contributed by atoms with Crippen molar-refractivity contribution < 1.29 is 13.9 Å². The van der Waals surface area contributed by atoms with Crippen molar-refractivity contribution in [2.24, 2.45) is 0 Å². The summed E-state index contributed by atoms with van der Waals surface area (Å²) in [7, 11) is 3.92. The topological polar surface area (TPSA) is 83.8 Å². The van der Waals surface area contributed by atoms with Crippen LogP contribution in [-0.4, -0.2) is 52.4 Å². The van der Waals surface area contributed by atoms with E-state index in [4.69, 9.17) is 4.74 Å². The minimum Gasteiger partial charge on any atom is -0.490 e. The molecule has 8 nitrogen and oxygen atoms in total. The van der Waals surface area contributed by atoms with Gasteiger partial charge in [0.1, 0.15) is 36.6 Å². The number of nitrogens with one attached hydrogen (secondary N) is 2. The third-order valence-corrected chi connectivity index (χ3v) is 5.02. The average Bonchev–Trinajstić information content (AvgIpc) is 3.23. The van der Waals surface area contributed by atoms with Crippen molar-refractivity contribution in [1.82, 2.24) is 19.3 Å². The maximum atomic E-state index is 13.7. The van der Waals surface area contributed by atoms with Crippen LogP contribution in [0.25, 0.3) is 16.8 Å². The van der Waals surface area contributed by atoms with Crippen LogP contribution in [0.5, 0.6) is 5.75 Å². The zero-order chi connectivity index (χ0) is 24.1. The van der Waals surface area contributed by atoms with Crippen molar-refractivity contribution in [1.29, 1.82) is 0 Å². The third-order valence-electron chi connectivity index (χ3n) is 5.02. The van der Waals surface area contributed by atoms with E-state index in [0.29, 0.717) is 40.8 Å². The molecule has 0 aliphatic carbocycles. The molecule has 0 unspecified atom stereocenters. The Morgan fingerprint density at radius 2 is 2.00 bits per heavy atom. The van der Waals surface area contributed by atoms with Gasteiger partial charge in [-0.3, -0.25) is 9.20 Å².